The molecular weight excluding hydrogens is 334 g/mol. The lowest BCUT2D eigenvalue weighted by atomic mass is 9.97. The first-order valence-electron chi connectivity index (χ1n) is 8.75. The minimum absolute atomic E-state index is 0.0401. The maximum atomic E-state index is 9.87. The fourth-order valence-electron chi connectivity index (χ4n) is 3.60. The smallest absolute Gasteiger partial charge is 0.161 e. The van der Waals surface area contributed by atoms with Gasteiger partial charge in [-0.15, -0.1) is 0 Å². The molecule has 7 nitrogen and oxygen atoms in total. The number of benzene rings is 1. The first kappa shape index (κ1) is 18.7. The van der Waals surface area contributed by atoms with Gasteiger partial charge in [-0.3, -0.25) is 9.58 Å². The topological polar surface area (TPSA) is 69.0 Å². The van der Waals surface area contributed by atoms with Gasteiger partial charge in [-0.1, -0.05) is 6.07 Å². The summed E-state index contributed by atoms with van der Waals surface area (Å²) in [5, 5.41) is 14.3. The molecule has 1 fully saturated rings. The van der Waals surface area contributed by atoms with Gasteiger partial charge in [0.2, 0.25) is 0 Å². The molecular formula is C19H27N3O4. The molecule has 0 spiro atoms. The maximum absolute atomic E-state index is 9.87. The van der Waals surface area contributed by atoms with Gasteiger partial charge in [0.05, 0.1) is 39.2 Å². The van der Waals surface area contributed by atoms with Crippen LogP contribution in [0, 0.1) is 6.92 Å². The van der Waals surface area contributed by atoms with E-state index in [0.29, 0.717) is 18.1 Å². The Balaban J connectivity index is 1.94. The highest BCUT2D eigenvalue weighted by Gasteiger charge is 2.34. The van der Waals surface area contributed by atoms with E-state index in [1.807, 2.05) is 43.0 Å². The van der Waals surface area contributed by atoms with Crippen molar-refractivity contribution in [2.24, 2.45) is 7.05 Å². The Labute approximate surface area is 154 Å². The Morgan fingerprint density at radius 1 is 1.27 bits per heavy atom. The van der Waals surface area contributed by atoms with Crippen LogP contribution >= 0.6 is 0 Å². The van der Waals surface area contributed by atoms with Crippen molar-refractivity contribution < 1.29 is 19.3 Å². The van der Waals surface area contributed by atoms with Gasteiger partial charge in [0, 0.05) is 31.9 Å². The lowest BCUT2D eigenvalue weighted by molar-refractivity contribution is -0.0961. The quantitative estimate of drug-likeness (QED) is 0.844. The van der Waals surface area contributed by atoms with Crippen LogP contribution in [0.4, 0.5) is 0 Å². The molecule has 2 aromatic rings. The van der Waals surface area contributed by atoms with Crippen LogP contribution < -0.4 is 9.47 Å². The van der Waals surface area contributed by atoms with Crippen LogP contribution in [-0.4, -0.2) is 59.9 Å². The fraction of sp³-hybridized carbons (Fsp3) is 0.526. The van der Waals surface area contributed by atoms with Crippen molar-refractivity contribution in [1.29, 1.82) is 0 Å². The number of aryl methyl sites for hydroxylation is 2. The number of aromatic nitrogens is 2. The van der Waals surface area contributed by atoms with Gasteiger partial charge in [0.25, 0.3) is 0 Å². The summed E-state index contributed by atoms with van der Waals surface area (Å²) in [5.41, 5.74) is 3.23. The molecule has 0 unspecified atom stereocenters. The van der Waals surface area contributed by atoms with E-state index in [4.69, 9.17) is 14.2 Å². The third-order valence-corrected chi connectivity index (χ3v) is 4.87. The van der Waals surface area contributed by atoms with Crippen molar-refractivity contribution >= 4 is 0 Å². The summed E-state index contributed by atoms with van der Waals surface area (Å²) in [6.45, 7) is 4.10. The normalized spacial score (nSPS) is 21.0. The van der Waals surface area contributed by atoms with Crippen LogP contribution in [0.15, 0.2) is 24.4 Å². The van der Waals surface area contributed by atoms with Gasteiger partial charge in [-0.2, -0.15) is 5.10 Å². The minimum atomic E-state index is -0.293. The Morgan fingerprint density at radius 2 is 2.04 bits per heavy atom. The Hall–Kier alpha value is -2.09. The third kappa shape index (κ3) is 3.70. The predicted octanol–water partition coefficient (Wildman–Crippen LogP) is 1.68. The Morgan fingerprint density at radius 3 is 2.65 bits per heavy atom. The van der Waals surface area contributed by atoms with Crippen molar-refractivity contribution in [3.8, 4) is 11.5 Å². The lowest BCUT2D eigenvalue weighted by Gasteiger charge is -2.41. The zero-order valence-corrected chi connectivity index (χ0v) is 15.8. The van der Waals surface area contributed by atoms with E-state index in [2.05, 4.69) is 10.00 Å². The third-order valence-electron chi connectivity index (χ3n) is 4.87. The summed E-state index contributed by atoms with van der Waals surface area (Å²) in [5.74, 6) is 1.35. The van der Waals surface area contributed by atoms with Crippen molar-refractivity contribution in [2.75, 3.05) is 34.0 Å². The molecule has 0 aliphatic carbocycles. The number of nitrogens with zero attached hydrogens (tertiary/aromatic N) is 3. The largest absolute Gasteiger partial charge is 0.493 e. The molecule has 2 heterocycles. The summed E-state index contributed by atoms with van der Waals surface area (Å²) in [7, 11) is 5.17. The van der Waals surface area contributed by atoms with Crippen LogP contribution in [-0.2, 0) is 18.3 Å². The van der Waals surface area contributed by atoms with E-state index in [1.165, 1.54) is 5.56 Å². The van der Waals surface area contributed by atoms with E-state index in [9.17, 15) is 5.11 Å². The molecule has 1 aromatic heterocycles. The molecule has 26 heavy (non-hydrogen) atoms. The van der Waals surface area contributed by atoms with Gasteiger partial charge in [0.1, 0.15) is 6.10 Å². The van der Waals surface area contributed by atoms with E-state index >= 15 is 0 Å². The zero-order chi connectivity index (χ0) is 18.7. The van der Waals surface area contributed by atoms with Crippen LogP contribution in [0.1, 0.15) is 22.9 Å². The molecule has 0 radical (unpaired) electrons. The molecule has 1 aliphatic rings. The number of aliphatic hydroxyl groups excluding tert-OH is 1. The van der Waals surface area contributed by atoms with Gasteiger partial charge in [0.15, 0.2) is 11.5 Å². The second-order valence-corrected chi connectivity index (χ2v) is 6.53. The summed E-state index contributed by atoms with van der Waals surface area (Å²) < 4.78 is 18.5. The van der Waals surface area contributed by atoms with Gasteiger partial charge >= 0.3 is 0 Å². The molecule has 0 amide bonds. The average Bonchev–Trinajstić information content (AvgIpc) is 2.97. The van der Waals surface area contributed by atoms with E-state index in [-0.39, 0.29) is 18.8 Å². The van der Waals surface area contributed by atoms with Gasteiger partial charge < -0.3 is 19.3 Å². The zero-order valence-electron chi connectivity index (χ0n) is 15.8. The Kier molecular flexibility index (Phi) is 5.80. The summed E-state index contributed by atoms with van der Waals surface area (Å²) in [4.78, 5) is 2.33. The number of hydrogen-bond donors (Lipinski definition) is 1. The number of rotatable bonds is 6. The number of morpholine rings is 1. The molecule has 1 saturated heterocycles. The highest BCUT2D eigenvalue weighted by molar-refractivity contribution is 5.44. The van der Waals surface area contributed by atoms with E-state index in [0.717, 1.165) is 24.3 Å². The molecule has 1 aliphatic heterocycles. The average molecular weight is 361 g/mol. The van der Waals surface area contributed by atoms with Crippen molar-refractivity contribution in [3.05, 3.63) is 41.2 Å². The van der Waals surface area contributed by atoms with Crippen LogP contribution in [0.2, 0.25) is 0 Å². The van der Waals surface area contributed by atoms with Crippen molar-refractivity contribution in [3.63, 3.8) is 0 Å². The monoisotopic (exact) mass is 361 g/mol. The first-order chi connectivity index (χ1) is 12.6. The van der Waals surface area contributed by atoms with E-state index in [1.54, 1.807) is 14.2 Å². The maximum Gasteiger partial charge on any atom is 0.161 e. The molecule has 142 valence electrons. The second-order valence-electron chi connectivity index (χ2n) is 6.53. The highest BCUT2D eigenvalue weighted by Crippen LogP contribution is 2.36. The lowest BCUT2D eigenvalue weighted by Crippen LogP contribution is -2.46. The number of ether oxygens (including phenoxy) is 3. The Bertz CT molecular complexity index is 746. The van der Waals surface area contributed by atoms with Crippen molar-refractivity contribution in [1.82, 2.24) is 14.7 Å². The molecule has 2 atom stereocenters. The number of aliphatic hydroxyl groups is 1. The molecule has 1 aromatic carbocycles. The second kappa shape index (κ2) is 8.07. The van der Waals surface area contributed by atoms with Crippen LogP contribution in [0.3, 0.4) is 0 Å². The minimum Gasteiger partial charge on any atom is -0.493 e. The summed E-state index contributed by atoms with van der Waals surface area (Å²) in [6, 6.07) is 5.79. The van der Waals surface area contributed by atoms with Gasteiger partial charge in [-0.25, -0.2) is 0 Å². The van der Waals surface area contributed by atoms with Gasteiger partial charge in [-0.05, 0) is 24.6 Å². The fourth-order valence-corrected chi connectivity index (χ4v) is 3.60. The molecule has 1 N–H and O–H groups in total. The summed E-state index contributed by atoms with van der Waals surface area (Å²) in [6.07, 6.45) is 1.75. The predicted molar refractivity (Wildman–Crippen MR) is 97.5 cm³/mol. The SMILES string of the molecule is COc1ccc([C@@H]2[C@@H](CO)OCCN2Cc2cn(C)nc2C)cc1OC. The van der Waals surface area contributed by atoms with Crippen LogP contribution in [0.25, 0.3) is 0 Å². The number of methoxy groups -OCH3 is 2. The van der Waals surface area contributed by atoms with Crippen LogP contribution in [0.5, 0.6) is 11.5 Å². The van der Waals surface area contributed by atoms with E-state index < -0.39 is 0 Å². The molecule has 0 bridgehead atoms. The standard InChI is InChI=1S/C19H27N3O4/c1-13-15(10-21(2)20-13)11-22-7-8-26-18(12-23)19(22)14-5-6-16(24-3)17(9-14)25-4/h5-6,9-10,18-19,23H,7-8,11-12H2,1-4H3/t18-,19-/m1/s1. The number of hydrogen-bond acceptors (Lipinski definition) is 6. The van der Waals surface area contributed by atoms with Crippen molar-refractivity contribution in [2.45, 2.75) is 25.6 Å². The highest BCUT2D eigenvalue weighted by atomic mass is 16.5. The molecule has 3 rings (SSSR count). The molecule has 7 heteroatoms. The first-order valence-corrected chi connectivity index (χ1v) is 8.75. The molecule has 0 saturated carbocycles. The summed E-state index contributed by atoms with van der Waals surface area (Å²) >= 11 is 0.